The fourth-order valence-corrected chi connectivity index (χ4v) is 3.23. The highest BCUT2D eigenvalue weighted by molar-refractivity contribution is 5.79. The molecule has 2 heterocycles. The Labute approximate surface area is 127 Å². The summed E-state index contributed by atoms with van der Waals surface area (Å²) >= 11 is 0. The molecule has 2 aliphatic heterocycles. The summed E-state index contributed by atoms with van der Waals surface area (Å²) in [4.78, 5) is 16.6. The first-order valence-corrected chi connectivity index (χ1v) is 7.97. The average molecular weight is 287 g/mol. The van der Waals surface area contributed by atoms with E-state index in [-0.39, 0.29) is 5.91 Å². The van der Waals surface area contributed by atoms with Gasteiger partial charge in [-0.05, 0) is 37.9 Å². The molecule has 0 bridgehead atoms. The van der Waals surface area contributed by atoms with E-state index in [1.54, 1.807) is 0 Å². The molecule has 0 aromatic heterocycles. The molecule has 0 saturated carbocycles. The van der Waals surface area contributed by atoms with Gasteiger partial charge in [-0.3, -0.25) is 9.69 Å². The number of hydrogen-bond acceptors (Lipinski definition) is 3. The van der Waals surface area contributed by atoms with E-state index in [4.69, 9.17) is 0 Å². The summed E-state index contributed by atoms with van der Waals surface area (Å²) in [7, 11) is 0. The molecule has 1 aromatic rings. The zero-order valence-corrected chi connectivity index (χ0v) is 12.8. The first-order valence-electron chi connectivity index (χ1n) is 7.97. The van der Waals surface area contributed by atoms with Crippen molar-refractivity contribution in [3.8, 4) is 0 Å². The second-order valence-corrected chi connectivity index (χ2v) is 6.39. The van der Waals surface area contributed by atoms with Gasteiger partial charge < -0.3 is 10.2 Å². The minimum atomic E-state index is 0.271. The molecule has 1 N–H and O–H groups in total. The number of carbonyl (C=O) groups is 1. The predicted octanol–water partition coefficient (Wildman–Crippen LogP) is 1.25. The highest BCUT2D eigenvalue weighted by Crippen LogP contribution is 2.14. The van der Waals surface area contributed by atoms with Gasteiger partial charge >= 0.3 is 0 Å². The Kier molecular flexibility index (Phi) is 4.56. The lowest BCUT2D eigenvalue weighted by molar-refractivity contribution is -0.136. The van der Waals surface area contributed by atoms with Crippen LogP contribution in [0.4, 0.5) is 0 Å². The Morgan fingerprint density at radius 3 is 2.71 bits per heavy atom. The van der Waals surface area contributed by atoms with Crippen LogP contribution in [-0.4, -0.2) is 55.0 Å². The van der Waals surface area contributed by atoms with Gasteiger partial charge in [-0.25, -0.2) is 0 Å². The minimum Gasteiger partial charge on any atom is -0.336 e. The van der Waals surface area contributed by atoms with E-state index in [2.05, 4.69) is 41.4 Å². The number of carbonyl (C=O) groups excluding carboxylic acids is 1. The number of hydrogen-bond donors (Lipinski definition) is 1. The molecule has 114 valence electrons. The molecule has 0 unspecified atom stereocenters. The Hall–Kier alpha value is -1.39. The zero-order valence-electron chi connectivity index (χ0n) is 12.8. The Bertz CT molecular complexity index is 479. The largest absolute Gasteiger partial charge is 0.336 e. The molecule has 0 spiro atoms. The SMILES string of the molecule is Cc1ccc(CN2CCN(C[C@H]3CCNC3)CC2=O)cc1. The molecule has 0 aliphatic carbocycles. The summed E-state index contributed by atoms with van der Waals surface area (Å²) < 4.78 is 0. The normalized spacial score (nSPS) is 23.8. The van der Waals surface area contributed by atoms with Gasteiger partial charge in [0.2, 0.25) is 5.91 Å². The summed E-state index contributed by atoms with van der Waals surface area (Å²) in [5.74, 6) is 0.995. The summed E-state index contributed by atoms with van der Waals surface area (Å²) in [6.07, 6.45) is 1.25. The second kappa shape index (κ2) is 6.58. The van der Waals surface area contributed by atoms with Gasteiger partial charge in [0.25, 0.3) is 0 Å². The van der Waals surface area contributed by atoms with Crippen LogP contribution in [0.1, 0.15) is 17.5 Å². The number of aryl methyl sites for hydroxylation is 1. The van der Waals surface area contributed by atoms with Gasteiger partial charge in [-0.2, -0.15) is 0 Å². The van der Waals surface area contributed by atoms with E-state index in [0.29, 0.717) is 6.54 Å². The van der Waals surface area contributed by atoms with Crippen LogP contribution in [0.15, 0.2) is 24.3 Å². The molecule has 2 aliphatic rings. The lowest BCUT2D eigenvalue weighted by Crippen LogP contribution is -2.51. The van der Waals surface area contributed by atoms with Gasteiger partial charge in [0.1, 0.15) is 0 Å². The molecule has 0 radical (unpaired) electrons. The van der Waals surface area contributed by atoms with Gasteiger partial charge in [0, 0.05) is 26.2 Å². The van der Waals surface area contributed by atoms with Gasteiger partial charge in [0.15, 0.2) is 0 Å². The highest BCUT2D eigenvalue weighted by atomic mass is 16.2. The molecule has 1 amide bonds. The number of nitrogens with zero attached hydrogens (tertiary/aromatic N) is 2. The first kappa shape index (κ1) is 14.5. The first-order chi connectivity index (χ1) is 10.2. The van der Waals surface area contributed by atoms with Crippen molar-refractivity contribution in [1.82, 2.24) is 15.1 Å². The van der Waals surface area contributed by atoms with E-state index in [9.17, 15) is 4.79 Å². The van der Waals surface area contributed by atoms with Crippen LogP contribution in [0, 0.1) is 12.8 Å². The lowest BCUT2D eigenvalue weighted by Gasteiger charge is -2.35. The molecular formula is C17H25N3O. The number of piperazine rings is 1. The summed E-state index contributed by atoms with van der Waals surface area (Å²) in [5, 5.41) is 3.40. The van der Waals surface area contributed by atoms with E-state index in [1.807, 2.05) is 4.90 Å². The predicted molar refractivity (Wildman–Crippen MR) is 84.0 cm³/mol. The molecule has 1 aromatic carbocycles. The molecule has 4 nitrogen and oxygen atoms in total. The standard InChI is InChI=1S/C17H25N3O/c1-14-2-4-15(5-3-14)12-20-9-8-19(13-17(20)21)11-16-6-7-18-10-16/h2-5,16,18H,6-13H2,1H3/t16-/m0/s1. The van der Waals surface area contributed by atoms with Crippen molar-refractivity contribution in [2.45, 2.75) is 19.9 Å². The van der Waals surface area contributed by atoms with Crippen LogP contribution < -0.4 is 5.32 Å². The molecule has 1 atom stereocenters. The topological polar surface area (TPSA) is 35.6 Å². The van der Waals surface area contributed by atoms with Crippen LogP contribution in [0.25, 0.3) is 0 Å². The minimum absolute atomic E-state index is 0.271. The zero-order chi connectivity index (χ0) is 14.7. The summed E-state index contributed by atoms with van der Waals surface area (Å²) in [6, 6.07) is 8.48. The van der Waals surface area contributed by atoms with Crippen LogP contribution >= 0.6 is 0 Å². The van der Waals surface area contributed by atoms with Crippen molar-refractivity contribution in [1.29, 1.82) is 0 Å². The van der Waals surface area contributed by atoms with Gasteiger partial charge in [-0.15, -0.1) is 0 Å². The fourth-order valence-electron chi connectivity index (χ4n) is 3.23. The Morgan fingerprint density at radius 2 is 2.05 bits per heavy atom. The van der Waals surface area contributed by atoms with Crippen LogP contribution in [0.5, 0.6) is 0 Å². The van der Waals surface area contributed by atoms with E-state index in [1.165, 1.54) is 17.5 Å². The van der Waals surface area contributed by atoms with Crippen molar-refractivity contribution in [2.24, 2.45) is 5.92 Å². The number of rotatable bonds is 4. The number of nitrogens with one attached hydrogen (secondary N) is 1. The van der Waals surface area contributed by atoms with E-state index < -0.39 is 0 Å². The van der Waals surface area contributed by atoms with Crippen LogP contribution in [0.2, 0.25) is 0 Å². The van der Waals surface area contributed by atoms with Crippen molar-refractivity contribution < 1.29 is 4.79 Å². The third-order valence-electron chi connectivity index (χ3n) is 4.57. The maximum Gasteiger partial charge on any atom is 0.237 e. The third-order valence-corrected chi connectivity index (χ3v) is 4.57. The van der Waals surface area contributed by atoms with Crippen molar-refractivity contribution >= 4 is 5.91 Å². The molecule has 3 rings (SSSR count). The Balaban J connectivity index is 1.51. The van der Waals surface area contributed by atoms with Crippen molar-refractivity contribution in [3.05, 3.63) is 35.4 Å². The van der Waals surface area contributed by atoms with E-state index >= 15 is 0 Å². The quantitative estimate of drug-likeness (QED) is 0.905. The summed E-state index contributed by atoms with van der Waals surface area (Å²) in [5.41, 5.74) is 2.49. The van der Waals surface area contributed by atoms with Crippen LogP contribution in [0.3, 0.4) is 0 Å². The third kappa shape index (κ3) is 3.83. The monoisotopic (exact) mass is 287 g/mol. The smallest absolute Gasteiger partial charge is 0.237 e. The lowest BCUT2D eigenvalue weighted by atomic mass is 10.1. The van der Waals surface area contributed by atoms with Crippen molar-refractivity contribution in [2.75, 3.05) is 39.3 Å². The van der Waals surface area contributed by atoms with Crippen LogP contribution in [-0.2, 0) is 11.3 Å². The van der Waals surface area contributed by atoms with E-state index in [0.717, 1.165) is 45.2 Å². The molecular weight excluding hydrogens is 262 g/mol. The molecule has 21 heavy (non-hydrogen) atoms. The fraction of sp³-hybridized carbons (Fsp3) is 0.588. The average Bonchev–Trinajstić information content (AvgIpc) is 2.97. The van der Waals surface area contributed by atoms with Gasteiger partial charge in [-0.1, -0.05) is 29.8 Å². The maximum absolute atomic E-state index is 12.3. The van der Waals surface area contributed by atoms with Gasteiger partial charge in [0.05, 0.1) is 6.54 Å². The van der Waals surface area contributed by atoms with Crippen molar-refractivity contribution in [3.63, 3.8) is 0 Å². The molecule has 2 fully saturated rings. The maximum atomic E-state index is 12.3. The number of amides is 1. The second-order valence-electron chi connectivity index (χ2n) is 6.39. The Morgan fingerprint density at radius 1 is 1.24 bits per heavy atom. The molecule has 4 heteroatoms. The highest BCUT2D eigenvalue weighted by Gasteiger charge is 2.26. The summed E-state index contributed by atoms with van der Waals surface area (Å²) in [6.45, 7) is 8.59. The number of benzene rings is 1. The molecule has 2 saturated heterocycles.